The number of carbonyl (C=O) groups is 1. The summed E-state index contributed by atoms with van der Waals surface area (Å²) in [7, 11) is -13.3. The third kappa shape index (κ3) is 6.90. The third-order valence-electron chi connectivity index (χ3n) is 7.16. The zero-order chi connectivity index (χ0) is 30.6. The summed E-state index contributed by atoms with van der Waals surface area (Å²) in [4.78, 5) is 27.9. The van der Waals surface area contributed by atoms with E-state index in [9.17, 15) is 32.6 Å². The molecule has 0 unspecified atom stereocenters. The number of hydrogen-bond acceptors (Lipinski definition) is 8. The topological polar surface area (TPSA) is 120 Å². The van der Waals surface area contributed by atoms with Crippen LogP contribution in [0.25, 0.3) is 0 Å². The molecule has 3 aromatic rings. The number of piperidine rings is 1. The molecule has 228 valence electrons. The van der Waals surface area contributed by atoms with Crippen LogP contribution in [0.15, 0.2) is 53.7 Å². The molecular formula is C25H28F5N7O3S2. The van der Waals surface area contributed by atoms with Gasteiger partial charge >= 0.3 is 10.2 Å². The van der Waals surface area contributed by atoms with Crippen molar-refractivity contribution in [1.29, 1.82) is 0 Å². The van der Waals surface area contributed by atoms with Crippen LogP contribution in [0.1, 0.15) is 41.4 Å². The summed E-state index contributed by atoms with van der Waals surface area (Å²) in [6.45, 7) is 3.53. The van der Waals surface area contributed by atoms with Crippen molar-refractivity contribution in [2.75, 3.05) is 22.8 Å². The largest absolute Gasteiger partial charge is 0.336 e. The Labute approximate surface area is 239 Å². The molecule has 42 heavy (non-hydrogen) atoms. The summed E-state index contributed by atoms with van der Waals surface area (Å²) in [6, 6.07) is 5.46. The summed E-state index contributed by atoms with van der Waals surface area (Å²) in [5.74, 6) is -0.0249. The maximum absolute atomic E-state index is 13.2. The number of carbonyl (C=O) groups excluding carboxylic acids is 1. The van der Waals surface area contributed by atoms with Gasteiger partial charge in [-0.15, -0.1) is 0 Å². The number of nitrogens with one attached hydrogen (secondary N) is 2. The molecule has 0 aliphatic carbocycles. The number of sulfonamides is 1. The van der Waals surface area contributed by atoms with Gasteiger partial charge in [0, 0.05) is 60.9 Å². The first-order chi connectivity index (χ1) is 19.3. The Morgan fingerprint density at radius 2 is 1.76 bits per heavy atom. The average Bonchev–Trinajstić information content (AvgIpc) is 3.30. The Kier molecular flexibility index (Phi) is 6.93. The monoisotopic (exact) mass is 633 g/mol. The van der Waals surface area contributed by atoms with Crippen molar-refractivity contribution in [3.05, 3.63) is 65.6 Å². The molecular weight excluding hydrogens is 605 g/mol. The molecule has 10 nitrogen and oxygen atoms in total. The summed E-state index contributed by atoms with van der Waals surface area (Å²) in [5.41, 5.74) is 2.10. The first-order valence-corrected chi connectivity index (χ1v) is 16.6. The number of rotatable bonds is 7. The molecule has 1 fully saturated rings. The van der Waals surface area contributed by atoms with Gasteiger partial charge in [0.15, 0.2) is 0 Å². The van der Waals surface area contributed by atoms with E-state index in [4.69, 9.17) is 0 Å². The zero-order valence-corrected chi connectivity index (χ0v) is 24.1. The number of likely N-dealkylation sites (tertiary alicyclic amines) is 1. The van der Waals surface area contributed by atoms with E-state index in [-0.39, 0.29) is 35.4 Å². The van der Waals surface area contributed by atoms with Crippen LogP contribution >= 0.6 is 10.2 Å². The summed E-state index contributed by atoms with van der Waals surface area (Å²) in [5, 5.41) is 2.76. The van der Waals surface area contributed by atoms with Crippen molar-refractivity contribution >= 4 is 43.6 Å². The van der Waals surface area contributed by atoms with E-state index in [1.54, 1.807) is 11.1 Å². The van der Waals surface area contributed by atoms with Crippen LogP contribution in [0.4, 0.5) is 36.9 Å². The normalized spacial score (nSPS) is 21.3. The van der Waals surface area contributed by atoms with Crippen LogP contribution in [0.3, 0.4) is 0 Å². The number of pyridine rings is 1. The molecule has 2 aromatic heterocycles. The van der Waals surface area contributed by atoms with Gasteiger partial charge in [-0.25, -0.2) is 23.4 Å². The van der Waals surface area contributed by atoms with Crippen LogP contribution in [0.5, 0.6) is 0 Å². The lowest BCUT2D eigenvalue weighted by molar-refractivity contribution is 0.0460. The van der Waals surface area contributed by atoms with Crippen molar-refractivity contribution in [3.8, 4) is 0 Å². The maximum Gasteiger partial charge on any atom is 0.310 e. The standard InChI is InChI=1S/C25H28F5N7O3S2/c1-16-11-20(8-10-37(16)24(38)17-7-9-31-23(12-17)35-41(2,39)40)36-14-18-13-32-25(34-22(18)15-36)33-19-3-5-21(6-4-19)42(26,27,28,29)30/h3-7,9,12-13,16,20H,8,10-11,14-15H2,1-2H3,(H,31,35)(H,32,33,34)/t16-,20+/m1/s1. The van der Waals surface area contributed by atoms with Gasteiger partial charge in [-0.2, -0.15) is 0 Å². The number of halogens is 5. The molecule has 5 rings (SSSR count). The Hall–Kier alpha value is -3.57. The molecule has 0 radical (unpaired) electrons. The first kappa shape index (κ1) is 29.9. The highest BCUT2D eigenvalue weighted by molar-refractivity contribution is 8.45. The van der Waals surface area contributed by atoms with Gasteiger partial charge in [-0.1, -0.05) is 19.4 Å². The van der Waals surface area contributed by atoms with Crippen LogP contribution in [-0.2, 0) is 23.1 Å². The van der Waals surface area contributed by atoms with Crippen LogP contribution in [-0.4, -0.2) is 64.0 Å². The number of amides is 1. The molecule has 1 amide bonds. The average molecular weight is 634 g/mol. The fraction of sp³-hybridized carbons (Fsp3) is 0.360. The molecule has 4 heterocycles. The second-order valence-corrected chi connectivity index (χ2v) is 14.7. The minimum Gasteiger partial charge on any atom is -0.336 e. The summed E-state index contributed by atoms with van der Waals surface area (Å²) in [6.07, 6.45) is 5.39. The van der Waals surface area contributed by atoms with Gasteiger partial charge in [0.1, 0.15) is 10.7 Å². The highest BCUT2D eigenvalue weighted by atomic mass is 32.5. The molecule has 1 aromatic carbocycles. The van der Waals surface area contributed by atoms with Gasteiger partial charge in [-0.3, -0.25) is 14.4 Å². The van der Waals surface area contributed by atoms with Gasteiger partial charge in [-0.05, 0) is 56.2 Å². The van der Waals surface area contributed by atoms with E-state index < -0.39 is 25.1 Å². The van der Waals surface area contributed by atoms with E-state index in [2.05, 4.69) is 29.9 Å². The second kappa shape index (κ2) is 9.74. The molecule has 0 saturated carbocycles. The quantitative estimate of drug-likeness (QED) is 0.320. The number of fused-ring (bicyclic) bond motifs is 1. The predicted molar refractivity (Wildman–Crippen MR) is 149 cm³/mol. The number of anilines is 3. The first-order valence-electron chi connectivity index (χ1n) is 12.8. The smallest absolute Gasteiger partial charge is 0.310 e. The number of hydrogen-bond donors (Lipinski definition) is 2. The Morgan fingerprint density at radius 3 is 2.40 bits per heavy atom. The second-order valence-electron chi connectivity index (χ2n) is 10.5. The number of nitrogens with zero attached hydrogens (tertiary/aromatic N) is 5. The lowest BCUT2D eigenvalue weighted by atomic mass is 9.96. The van der Waals surface area contributed by atoms with E-state index in [1.807, 2.05) is 6.92 Å². The summed E-state index contributed by atoms with van der Waals surface area (Å²) < 4.78 is 90.2. The SMILES string of the molecule is C[C@@H]1C[C@@H](N2Cc3cnc(Nc4ccc(S(F)(F)(F)(F)F)cc4)nc3C2)CCN1C(=O)c1ccnc(NS(C)(=O)=O)c1. The molecule has 17 heteroatoms. The summed E-state index contributed by atoms with van der Waals surface area (Å²) >= 11 is 0. The third-order valence-corrected chi connectivity index (χ3v) is 8.90. The number of benzene rings is 1. The van der Waals surface area contributed by atoms with Crippen LogP contribution in [0, 0.1) is 0 Å². The van der Waals surface area contributed by atoms with Gasteiger partial charge < -0.3 is 10.2 Å². The zero-order valence-electron chi connectivity index (χ0n) is 22.5. The Morgan fingerprint density at radius 1 is 1.05 bits per heavy atom. The number of aromatic nitrogens is 3. The van der Waals surface area contributed by atoms with Crippen molar-refractivity contribution in [3.63, 3.8) is 0 Å². The molecule has 0 spiro atoms. The highest BCUT2D eigenvalue weighted by Crippen LogP contribution is 3.02. The minimum absolute atomic E-state index is 0.0664. The lowest BCUT2D eigenvalue weighted by Crippen LogP contribution is -2.50. The van der Waals surface area contributed by atoms with Crippen molar-refractivity contribution in [2.45, 2.75) is 49.8 Å². The van der Waals surface area contributed by atoms with E-state index >= 15 is 0 Å². The van der Waals surface area contributed by atoms with E-state index in [0.717, 1.165) is 29.6 Å². The van der Waals surface area contributed by atoms with Crippen LogP contribution < -0.4 is 10.0 Å². The fourth-order valence-corrected chi connectivity index (χ4v) is 6.32. The lowest BCUT2D eigenvalue weighted by Gasteiger charge is -2.41. The maximum atomic E-state index is 13.2. The molecule has 0 bridgehead atoms. The van der Waals surface area contributed by atoms with Crippen molar-refractivity contribution in [1.82, 2.24) is 24.8 Å². The highest BCUT2D eigenvalue weighted by Gasteiger charge is 2.65. The fourth-order valence-electron chi connectivity index (χ4n) is 5.18. The predicted octanol–water partition coefficient (Wildman–Crippen LogP) is 5.65. The Bertz CT molecular complexity index is 1640. The van der Waals surface area contributed by atoms with E-state index in [1.165, 1.54) is 18.3 Å². The van der Waals surface area contributed by atoms with E-state index in [0.29, 0.717) is 50.2 Å². The molecule has 2 N–H and O–H groups in total. The van der Waals surface area contributed by atoms with Crippen molar-refractivity contribution in [2.24, 2.45) is 0 Å². The van der Waals surface area contributed by atoms with Gasteiger partial charge in [0.05, 0.1) is 11.9 Å². The molecule has 2 aliphatic rings. The van der Waals surface area contributed by atoms with Gasteiger partial charge in [0.2, 0.25) is 16.0 Å². The Balaban J connectivity index is 1.20. The van der Waals surface area contributed by atoms with Gasteiger partial charge in [0.25, 0.3) is 5.91 Å². The molecule has 1 saturated heterocycles. The van der Waals surface area contributed by atoms with Crippen LogP contribution in [0.2, 0.25) is 0 Å². The molecule has 2 atom stereocenters. The molecule has 2 aliphatic heterocycles. The van der Waals surface area contributed by atoms with Crippen molar-refractivity contribution < 1.29 is 32.6 Å². The minimum atomic E-state index is -9.75.